The summed E-state index contributed by atoms with van der Waals surface area (Å²) in [6.07, 6.45) is 6.49. The van der Waals surface area contributed by atoms with Crippen molar-refractivity contribution in [3.05, 3.63) is 29.8 Å². The number of nitrogens with zero attached hydrogens (tertiary/aromatic N) is 2. The van der Waals surface area contributed by atoms with Gasteiger partial charge in [-0.25, -0.2) is 4.79 Å². The number of piperidine rings is 1. The maximum absolute atomic E-state index is 13.1. The number of urea groups is 1. The van der Waals surface area contributed by atoms with E-state index in [9.17, 15) is 9.59 Å². The van der Waals surface area contributed by atoms with Gasteiger partial charge in [-0.3, -0.25) is 4.79 Å². The zero-order chi connectivity index (χ0) is 21.9. The summed E-state index contributed by atoms with van der Waals surface area (Å²) in [5.41, 5.74) is 1.95. The number of Topliss-reactive ketones (excluding diaryl/α,β-unsaturated/α-hetero) is 1. The number of nitrogens with one attached hydrogen (secondary N) is 1. The normalized spacial score (nSPS) is 16.3. The molecule has 5 nitrogen and oxygen atoms in total. The molecular weight excluding hydrogens is 398 g/mol. The number of rotatable bonds is 11. The second-order valence-corrected chi connectivity index (χ2v) is 8.79. The maximum Gasteiger partial charge on any atom is 0.322 e. The molecule has 6 heteroatoms. The first kappa shape index (κ1) is 24.7. The molecule has 1 aliphatic heterocycles. The predicted molar refractivity (Wildman–Crippen MR) is 125 cm³/mol. The van der Waals surface area contributed by atoms with E-state index in [0.717, 1.165) is 50.0 Å². The number of alkyl halides is 1. The van der Waals surface area contributed by atoms with Gasteiger partial charge in [0.1, 0.15) is 5.78 Å². The fourth-order valence-corrected chi connectivity index (χ4v) is 4.41. The van der Waals surface area contributed by atoms with Crippen LogP contribution in [0.5, 0.6) is 0 Å². The molecule has 1 aromatic carbocycles. The zero-order valence-electron chi connectivity index (χ0n) is 18.8. The van der Waals surface area contributed by atoms with Crippen LogP contribution < -0.4 is 5.32 Å². The van der Waals surface area contributed by atoms with Gasteiger partial charge in [-0.2, -0.15) is 0 Å². The average molecular weight is 436 g/mol. The lowest BCUT2D eigenvalue weighted by atomic mass is 10.00. The fraction of sp³-hybridized carbons (Fsp3) is 0.667. The highest BCUT2D eigenvalue weighted by Gasteiger charge is 2.29. The van der Waals surface area contributed by atoms with Crippen molar-refractivity contribution >= 4 is 29.1 Å². The molecule has 2 amide bonds. The van der Waals surface area contributed by atoms with Crippen LogP contribution in [-0.4, -0.2) is 59.2 Å². The predicted octanol–water partition coefficient (Wildman–Crippen LogP) is 5.46. The highest BCUT2D eigenvalue weighted by molar-refractivity contribution is 6.27. The Morgan fingerprint density at radius 2 is 2.00 bits per heavy atom. The summed E-state index contributed by atoms with van der Waals surface area (Å²) in [6.45, 7) is 9.29. The monoisotopic (exact) mass is 435 g/mol. The molecule has 0 saturated carbocycles. The fourth-order valence-electron chi connectivity index (χ4n) is 4.28. The lowest BCUT2D eigenvalue weighted by molar-refractivity contribution is -0.116. The minimum Gasteiger partial charge on any atom is -0.321 e. The Morgan fingerprint density at radius 1 is 1.27 bits per heavy atom. The van der Waals surface area contributed by atoms with Crippen LogP contribution in [0.25, 0.3) is 0 Å². The number of carbonyl (C=O) groups is 2. The first-order chi connectivity index (χ1) is 14.4. The number of ketones is 1. The molecule has 1 fully saturated rings. The molecule has 1 heterocycles. The molecule has 0 bridgehead atoms. The summed E-state index contributed by atoms with van der Waals surface area (Å²) >= 11 is 5.60. The molecule has 30 heavy (non-hydrogen) atoms. The Bertz CT molecular complexity index is 674. The largest absolute Gasteiger partial charge is 0.322 e. The van der Waals surface area contributed by atoms with Gasteiger partial charge in [0.2, 0.25) is 0 Å². The molecule has 0 aliphatic carbocycles. The summed E-state index contributed by atoms with van der Waals surface area (Å²) in [5.74, 6) is 0.150. The van der Waals surface area contributed by atoms with E-state index in [4.69, 9.17) is 11.6 Å². The first-order valence-corrected chi connectivity index (χ1v) is 11.9. The van der Waals surface area contributed by atoms with E-state index in [1.807, 2.05) is 36.1 Å². The minimum absolute atomic E-state index is 0.0377. The molecule has 1 saturated heterocycles. The quantitative estimate of drug-likeness (QED) is 0.371. The van der Waals surface area contributed by atoms with Crippen molar-refractivity contribution in [1.29, 1.82) is 0 Å². The van der Waals surface area contributed by atoms with Crippen LogP contribution in [0.15, 0.2) is 24.3 Å². The Hall–Kier alpha value is -1.59. The van der Waals surface area contributed by atoms with E-state index >= 15 is 0 Å². The summed E-state index contributed by atoms with van der Waals surface area (Å²) in [7, 11) is 0. The molecule has 1 unspecified atom stereocenters. The van der Waals surface area contributed by atoms with E-state index in [1.54, 1.807) is 0 Å². The number of hydrogen-bond acceptors (Lipinski definition) is 3. The summed E-state index contributed by atoms with van der Waals surface area (Å²) in [5, 5.41) is 3.08. The smallest absolute Gasteiger partial charge is 0.321 e. The van der Waals surface area contributed by atoms with Crippen LogP contribution in [0.4, 0.5) is 10.5 Å². The second kappa shape index (κ2) is 13.0. The van der Waals surface area contributed by atoms with Gasteiger partial charge in [0, 0.05) is 43.8 Å². The van der Waals surface area contributed by atoms with Crippen molar-refractivity contribution in [1.82, 2.24) is 9.80 Å². The van der Waals surface area contributed by atoms with Crippen LogP contribution in [0.1, 0.15) is 64.4 Å². The highest BCUT2D eigenvalue weighted by atomic mass is 35.5. The van der Waals surface area contributed by atoms with Crippen LogP contribution in [0.3, 0.4) is 0 Å². The van der Waals surface area contributed by atoms with E-state index < -0.39 is 0 Å². The van der Waals surface area contributed by atoms with Gasteiger partial charge in [0.05, 0.1) is 5.88 Å². The molecule has 0 spiro atoms. The van der Waals surface area contributed by atoms with Gasteiger partial charge in [-0.1, -0.05) is 25.5 Å². The molecule has 1 aromatic rings. The van der Waals surface area contributed by atoms with E-state index in [1.165, 1.54) is 12.8 Å². The lowest BCUT2D eigenvalue weighted by Gasteiger charge is -2.40. The Morgan fingerprint density at radius 3 is 2.63 bits per heavy atom. The molecule has 1 atom stereocenters. The van der Waals surface area contributed by atoms with E-state index in [0.29, 0.717) is 19.0 Å². The summed E-state index contributed by atoms with van der Waals surface area (Å²) < 4.78 is 0. The Kier molecular flexibility index (Phi) is 10.7. The van der Waals surface area contributed by atoms with Crippen molar-refractivity contribution in [3.8, 4) is 0 Å². The number of likely N-dealkylation sites (tertiary alicyclic amines) is 1. The number of amides is 2. The summed E-state index contributed by atoms with van der Waals surface area (Å²) in [4.78, 5) is 29.2. The zero-order valence-corrected chi connectivity index (χ0v) is 19.6. The molecule has 0 radical (unpaired) electrons. The number of unbranched alkanes of at least 4 members (excludes halogenated alkanes) is 1. The van der Waals surface area contributed by atoms with Crippen LogP contribution in [0.2, 0.25) is 0 Å². The topological polar surface area (TPSA) is 52.7 Å². The number of halogens is 1. The van der Waals surface area contributed by atoms with Gasteiger partial charge in [0.25, 0.3) is 0 Å². The van der Waals surface area contributed by atoms with Crippen LogP contribution in [-0.2, 0) is 4.79 Å². The van der Waals surface area contributed by atoms with E-state index in [-0.39, 0.29) is 23.7 Å². The van der Waals surface area contributed by atoms with Crippen molar-refractivity contribution in [2.24, 2.45) is 0 Å². The van der Waals surface area contributed by atoms with Crippen LogP contribution >= 0.6 is 11.6 Å². The minimum atomic E-state index is -0.0377. The van der Waals surface area contributed by atoms with E-state index in [2.05, 4.69) is 24.1 Å². The highest BCUT2D eigenvalue weighted by Crippen LogP contribution is 2.22. The van der Waals surface area contributed by atoms with Gasteiger partial charge < -0.3 is 15.1 Å². The molecule has 0 aromatic heterocycles. The van der Waals surface area contributed by atoms with Gasteiger partial charge in [-0.15, -0.1) is 11.6 Å². The van der Waals surface area contributed by atoms with Crippen molar-refractivity contribution in [2.75, 3.05) is 30.8 Å². The SMILES string of the molecule is CCCC(C)N1CCC(N(CCCCC(=O)CCl)C(=O)Nc2cccc(C)c2)CC1. The first-order valence-electron chi connectivity index (χ1n) is 11.4. The van der Waals surface area contributed by atoms with Crippen LogP contribution in [0, 0.1) is 6.92 Å². The molecule has 168 valence electrons. The van der Waals surface area contributed by atoms with Crippen molar-refractivity contribution in [2.45, 2.75) is 77.8 Å². The number of hydrogen-bond donors (Lipinski definition) is 1. The second-order valence-electron chi connectivity index (χ2n) is 8.53. The third-order valence-corrected chi connectivity index (χ3v) is 6.35. The standard InChI is InChI=1S/C24H38ClN3O2/c1-4-8-20(3)27-15-12-22(13-16-27)28(14-6-5-11-23(29)18-25)24(30)26-21-10-7-9-19(2)17-21/h7,9-10,17,20,22H,4-6,8,11-16,18H2,1-3H3,(H,26,30). The van der Waals surface area contributed by atoms with Crippen molar-refractivity contribution < 1.29 is 9.59 Å². The van der Waals surface area contributed by atoms with Gasteiger partial charge in [-0.05, 0) is 63.6 Å². The number of aryl methyl sites for hydroxylation is 1. The molecule has 2 rings (SSSR count). The lowest BCUT2D eigenvalue weighted by Crippen LogP contribution is -2.50. The number of anilines is 1. The third-order valence-electron chi connectivity index (χ3n) is 6.05. The van der Waals surface area contributed by atoms with Crippen molar-refractivity contribution in [3.63, 3.8) is 0 Å². The summed E-state index contributed by atoms with van der Waals surface area (Å²) in [6, 6.07) is 8.71. The maximum atomic E-state index is 13.1. The van der Waals surface area contributed by atoms with Gasteiger partial charge >= 0.3 is 6.03 Å². The molecule has 1 aliphatic rings. The average Bonchev–Trinajstić information content (AvgIpc) is 2.73. The van der Waals surface area contributed by atoms with Gasteiger partial charge in [0.15, 0.2) is 0 Å². The molecule has 1 N–H and O–H groups in total. The number of benzene rings is 1. The number of carbonyl (C=O) groups excluding carboxylic acids is 2. The molecular formula is C24H38ClN3O2. The Balaban J connectivity index is 1.98. The third kappa shape index (κ3) is 7.92. The Labute approximate surface area is 187 Å².